The molecule has 0 spiro atoms. The van der Waals surface area contributed by atoms with Gasteiger partial charge in [-0.3, -0.25) is 0 Å². The van der Waals surface area contributed by atoms with Crippen molar-refractivity contribution in [2.24, 2.45) is 0 Å². The Balaban J connectivity index is 1.94. The highest BCUT2D eigenvalue weighted by Crippen LogP contribution is 2.19. The molecule has 1 aromatic carbocycles. The van der Waals surface area contributed by atoms with Gasteiger partial charge in [0.25, 0.3) is 0 Å². The van der Waals surface area contributed by atoms with Crippen LogP contribution in [0.5, 0.6) is 0 Å². The summed E-state index contributed by atoms with van der Waals surface area (Å²) in [7, 11) is 0. The fourth-order valence-corrected chi connectivity index (χ4v) is 2.11. The molecule has 0 aliphatic heterocycles. The maximum absolute atomic E-state index is 4.29. The number of rotatable bonds is 5. The number of nitrogens with zero attached hydrogens (tertiary/aromatic N) is 1. The Labute approximate surface area is 123 Å². The first kappa shape index (κ1) is 14.1. The molecule has 2 rings (SSSR count). The third-order valence-electron chi connectivity index (χ3n) is 3.36. The molecule has 2 aromatic rings. The van der Waals surface area contributed by atoms with Crippen LogP contribution in [0.1, 0.15) is 37.3 Å². The summed E-state index contributed by atoms with van der Waals surface area (Å²) >= 11 is 3.38. The van der Waals surface area contributed by atoms with Gasteiger partial charge >= 0.3 is 0 Å². The molecule has 1 heterocycles. The number of pyridine rings is 1. The van der Waals surface area contributed by atoms with Gasteiger partial charge in [0.2, 0.25) is 0 Å². The molecule has 0 fully saturated rings. The minimum Gasteiger partial charge on any atom is -0.366 e. The summed E-state index contributed by atoms with van der Waals surface area (Å²) in [6.45, 7) is 5.29. The van der Waals surface area contributed by atoms with Gasteiger partial charge in [0.05, 0.1) is 0 Å². The highest BCUT2D eigenvalue weighted by atomic mass is 79.9. The van der Waals surface area contributed by atoms with Crippen LogP contribution in [-0.4, -0.2) is 4.98 Å². The van der Waals surface area contributed by atoms with Crippen molar-refractivity contribution in [2.45, 2.75) is 32.7 Å². The zero-order chi connectivity index (χ0) is 13.7. The van der Waals surface area contributed by atoms with Gasteiger partial charge in [-0.15, -0.1) is 0 Å². The fourth-order valence-electron chi connectivity index (χ4n) is 1.87. The van der Waals surface area contributed by atoms with Gasteiger partial charge in [-0.1, -0.05) is 38.1 Å². The summed E-state index contributed by atoms with van der Waals surface area (Å²) in [6, 6.07) is 12.8. The van der Waals surface area contributed by atoms with Crippen molar-refractivity contribution in [3.63, 3.8) is 0 Å². The average Bonchev–Trinajstić information content (AvgIpc) is 2.46. The highest BCUT2D eigenvalue weighted by molar-refractivity contribution is 9.10. The second-order valence-corrected chi connectivity index (χ2v) is 5.68. The number of anilines is 1. The normalized spacial score (nSPS) is 12.2. The first-order valence-corrected chi connectivity index (χ1v) is 7.42. The molecule has 0 amide bonds. The van der Waals surface area contributed by atoms with Crippen LogP contribution in [0, 0.1) is 0 Å². The van der Waals surface area contributed by atoms with Crippen LogP contribution in [-0.2, 0) is 6.54 Å². The van der Waals surface area contributed by atoms with Gasteiger partial charge in [-0.2, -0.15) is 0 Å². The van der Waals surface area contributed by atoms with Crippen LogP contribution in [0.25, 0.3) is 0 Å². The smallest absolute Gasteiger partial charge is 0.126 e. The minimum atomic E-state index is 0.634. The van der Waals surface area contributed by atoms with E-state index in [1.54, 1.807) is 6.20 Å². The molecule has 1 atom stereocenters. The lowest BCUT2D eigenvalue weighted by molar-refractivity contribution is 0.733. The summed E-state index contributed by atoms with van der Waals surface area (Å²) in [5.74, 6) is 1.53. The third kappa shape index (κ3) is 4.06. The number of aromatic nitrogens is 1. The molecule has 1 unspecified atom stereocenters. The van der Waals surface area contributed by atoms with Crippen LogP contribution in [0.3, 0.4) is 0 Å². The Hall–Kier alpha value is -1.35. The standard InChI is InChI=1S/C16H19BrN2/c1-3-12(2)14-6-4-13(5-7-14)10-18-16-9-8-15(17)11-19-16/h4-9,11-12H,3,10H2,1-2H3,(H,18,19). The molecule has 0 saturated heterocycles. The van der Waals surface area contributed by atoms with Gasteiger partial charge in [-0.25, -0.2) is 4.98 Å². The third-order valence-corrected chi connectivity index (χ3v) is 3.83. The van der Waals surface area contributed by atoms with E-state index in [9.17, 15) is 0 Å². The number of halogens is 1. The lowest BCUT2D eigenvalue weighted by Gasteiger charge is -2.10. The fraction of sp³-hybridized carbons (Fsp3) is 0.312. The molecule has 2 nitrogen and oxygen atoms in total. The zero-order valence-corrected chi connectivity index (χ0v) is 12.9. The second-order valence-electron chi connectivity index (χ2n) is 4.77. The van der Waals surface area contributed by atoms with E-state index in [0.29, 0.717) is 5.92 Å². The SMILES string of the molecule is CCC(C)c1ccc(CNc2ccc(Br)cn2)cc1. The minimum absolute atomic E-state index is 0.634. The summed E-state index contributed by atoms with van der Waals surface area (Å²) < 4.78 is 0.996. The van der Waals surface area contributed by atoms with Crippen LogP contribution >= 0.6 is 15.9 Å². The summed E-state index contributed by atoms with van der Waals surface area (Å²) in [4.78, 5) is 4.29. The first-order chi connectivity index (χ1) is 9.19. The molecule has 1 N–H and O–H groups in total. The highest BCUT2D eigenvalue weighted by Gasteiger charge is 2.02. The number of nitrogens with one attached hydrogen (secondary N) is 1. The van der Waals surface area contributed by atoms with Crippen LogP contribution < -0.4 is 5.32 Å². The number of benzene rings is 1. The molecule has 0 radical (unpaired) electrons. The van der Waals surface area contributed by atoms with Gasteiger partial charge in [0.15, 0.2) is 0 Å². The van der Waals surface area contributed by atoms with Crippen molar-refractivity contribution < 1.29 is 0 Å². The Morgan fingerprint density at radius 2 is 1.89 bits per heavy atom. The molecule has 0 saturated carbocycles. The van der Waals surface area contributed by atoms with E-state index in [1.807, 2.05) is 12.1 Å². The molecule has 3 heteroatoms. The maximum Gasteiger partial charge on any atom is 0.126 e. The first-order valence-electron chi connectivity index (χ1n) is 6.63. The Morgan fingerprint density at radius 1 is 1.16 bits per heavy atom. The molecule has 1 aromatic heterocycles. The van der Waals surface area contributed by atoms with Crippen molar-refractivity contribution in [3.8, 4) is 0 Å². The second kappa shape index (κ2) is 6.71. The van der Waals surface area contributed by atoms with E-state index in [4.69, 9.17) is 0 Å². The predicted octanol–water partition coefficient (Wildman–Crippen LogP) is 4.97. The summed E-state index contributed by atoms with van der Waals surface area (Å²) in [5, 5.41) is 3.32. The molecule has 0 aliphatic rings. The van der Waals surface area contributed by atoms with Gasteiger partial charge in [-0.05, 0) is 51.5 Å². The summed E-state index contributed by atoms with van der Waals surface area (Å²) in [6.07, 6.45) is 2.98. The lowest BCUT2D eigenvalue weighted by Crippen LogP contribution is -2.01. The van der Waals surface area contributed by atoms with Crippen molar-refractivity contribution in [1.82, 2.24) is 4.98 Å². The molecule has 0 aliphatic carbocycles. The predicted molar refractivity (Wildman–Crippen MR) is 84.4 cm³/mol. The monoisotopic (exact) mass is 318 g/mol. The Kier molecular flexibility index (Phi) is 4.97. The largest absolute Gasteiger partial charge is 0.366 e. The van der Waals surface area contributed by atoms with E-state index >= 15 is 0 Å². The molecule has 19 heavy (non-hydrogen) atoms. The van der Waals surface area contributed by atoms with Crippen molar-refractivity contribution in [1.29, 1.82) is 0 Å². The average molecular weight is 319 g/mol. The van der Waals surface area contributed by atoms with Gasteiger partial charge < -0.3 is 5.32 Å². The molecular weight excluding hydrogens is 300 g/mol. The quantitative estimate of drug-likeness (QED) is 0.841. The van der Waals surface area contributed by atoms with Crippen LogP contribution in [0.2, 0.25) is 0 Å². The number of hydrogen-bond donors (Lipinski definition) is 1. The maximum atomic E-state index is 4.29. The van der Waals surface area contributed by atoms with Crippen LogP contribution in [0.15, 0.2) is 47.1 Å². The van der Waals surface area contributed by atoms with E-state index in [2.05, 4.69) is 64.3 Å². The Bertz CT molecular complexity index is 505. The van der Waals surface area contributed by atoms with Crippen molar-refractivity contribution in [2.75, 3.05) is 5.32 Å². The van der Waals surface area contributed by atoms with Crippen molar-refractivity contribution >= 4 is 21.7 Å². The van der Waals surface area contributed by atoms with Gasteiger partial charge in [0.1, 0.15) is 5.82 Å². The molecule has 100 valence electrons. The van der Waals surface area contributed by atoms with Gasteiger partial charge in [0, 0.05) is 17.2 Å². The zero-order valence-electron chi connectivity index (χ0n) is 11.4. The lowest BCUT2D eigenvalue weighted by atomic mass is 9.98. The van der Waals surface area contributed by atoms with E-state index in [0.717, 1.165) is 16.8 Å². The van der Waals surface area contributed by atoms with E-state index in [1.165, 1.54) is 17.5 Å². The molecule has 0 bridgehead atoms. The number of hydrogen-bond acceptors (Lipinski definition) is 2. The summed E-state index contributed by atoms with van der Waals surface area (Å²) in [5.41, 5.74) is 2.68. The van der Waals surface area contributed by atoms with E-state index < -0.39 is 0 Å². The van der Waals surface area contributed by atoms with E-state index in [-0.39, 0.29) is 0 Å². The Morgan fingerprint density at radius 3 is 2.47 bits per heavy atom. The molecular formula is C16H19BrN2. The van der Waals surface area contributed by atoms with Crippen molar-refractivity contribution in [3.05, 3.63) is 58.2 Å². The van der Waals surface area contributed by atoms with Crippen LogP contribution in [0.4, 0.5) is 5.82 Å². The topological polar surface area (TPSA) is 24.9 Å².